The zero-order valence-electron chi connectivity index (χ0n) is 9.96. The van der Waals surface area contributed by atoms with Crippen molar-refractivity contribution in [3.8, 4) is 6.07 Å². The normalized spacial score (nSPS) is 20.3. The van der Waals surface area contributed by atoms with Crippen LogP contribution in [0.1, 0.15) is 24.8 Å². The van der Waals surface area contributed by atoms with E-state index in [9.17, 15) is 8.42 Å². The molecule has 1 aliphatic heterocycles. The van der Waals surface area contributed by atoms with Crippen molar-refractivity contribution in [3.05, 3.63) is 23.9 Å². The highest BCUT2D eigenvalue weighted by Crippen LogP contribution is 2.17. The van der Waals surface area contributed by atoms with Crippen molar-refractivity contribution in [1.29, 1.82) is 5.26 Å². The predicted molar refractivity (Wildman–Crippen MR) is 66.6 cm³/mol. The molecule has 0 bridgehead atoms. The van der Waals surface area contributed by atoms with Gasteiger partial charge in [0, 0.05) is 12.2 Å². The summed E-state index contributed by atoms with van der Waals surface area (Å²) in [6, 6.07) is 4.89. The van der Waals surface area contributed by atoms with E-state index in [4.69, 9.17) is 5.26 Å². The molecule has 18 heavy (non-hydrogen) atoms. The number of hydrogen-bond acceptors (Lipinski definition) is 5. The summed E-state index contributed by atoms with van der Waals surface area (Å²) >= 11 is 0. The number of aromatic nitrogens is 1. The van der Waals surface area contributed by atoms with Gasteiger partial charge in [-0.15, -0.1) is 0 Å². The van der Waals surface area contributed by atoms with Gasteiger partial charge >= 0.3 is 0 Å². The second kappa shape index (κ2) is 5.46. The third kappa shape index (κ3) is 2.86. The summed E-state index contributed by atoms with van der Waals surface area (Å²) < 4.78 is 24.5. The minimum atomic E-state index is -3.50. The molecular formula is C12H15N3O2S. The molecule has 1 aromatic heterocycles. The van der Waals surface area contributed by atoms with Crippen LogP contribution in [0, 0.1) is 11.3 Å². The van der Waals surface area contributed by atoms with E-state index in [1.807, 2.05) is 6.07 Å². The van der Waals surface area contributed by atoms with Crippen LogP contribution in [-0.2, 0) is 9.84 Å². The minimum Gasteiger partial charge on any atom is -0.313 e. The first-order valence-corrected chi connectivity index (χ1v) is 7.60. The van der Waals surface area contributed by atoms with Gasteiger partial charge in [0.05, 0.1) is 11.3 Å². The molecule has 5 nitrogen and oxygen atoms in total. The van der Waals surface area contributed by atoms with Gasteiger partial charge in [0.25, 0.3) is 0 Å². The molecule has 1 aromatic rings. The van der Waals surface area contributed by atoms with Crippen LogP contribution >= 0.6 is 0 Å². The van der Waals surface area contributed by atoms with Crippen molar-refractivity contribution < 1.29 is 8.42 Å². The molecule has 96 valence electrons. The van der Waals surface area contributed by atoms with Gasteiger partial charge in [0.1, 0.15) is 6.07 Å². The first-order chi connectivity index (χ1) is 8.63. The molecule has 1 fully saturated rings. The molecule has 0 saturated carbocycles. The lowest BCUT2D eigenvalue weighted by Gasteiger charge is -2.23. The molecule has 2 rings (SSSR count). The van der Waals surface area contributed by atoms with Gasteiger partial charge in [-0.25, -0.2) is 13.4 Å². The highest BCUT2D eigenvalue weighted by molar-refractivity contribution is 7.91. The highest BCUT2D eigenvalue weighted by atomic mass is 32.2. The fourth-order valence-corrected chi connectivity index (χ4v) is 3.78. The number of hydrogen-bond donors (Lipinski definition) is 1. The molecule has 2 heterocycles. The SMILES string of the molecule is N#Cc1cccnc1S(=O)(=O)C[C@@H]1CCCCN1. The van der Waals surface area contributed by atoms with Crippen LogP contribution in [0.15, 0.2) is 23.4 Å². The summed E-state index contributed by atoms with van der Waals surface area (Å²) in [5, 5.41) is 12.0. The van der Waals surface area contributed by atoms with Crippen LogP contribution in [0.25, 0.3) is 0 Å². The summed E-state index contributed by atoms with van der Waals surface area (Å²) in [7, 11) is -3.50. The van der Waals surface area contributed by atoms with Crippen LogP contribution in [-0.4, -0.2) is 31.7 Å². The highest BCUT2D eigenvalue weighted by Gasteiger charge is 2.25. The Morgan fingerprint density at radius 1 is 1.50 bits per heavy atom. The van der Waals surface area contributed by atoms with Crippen LogP contribution < -0.4 is 5.32 Å². The van der Waals surface area contributed by atoms with Gasteiger partial charge in [-0.05, 0) is 31.5 Å². The average Bonchev–Trinajstić information content (AvgIpc) is 2.39. The number of sulfone groups is 1. The number of nitrogens with zero attached hydrogens (tertiary/aromatic N) is 2. The zero-order chi connectivity index (χ0) is 13.0. The van der Waals surface area contributed by atoms with E-state index in [-0.39, 0.29) is 22.4 Å². The van der Waals surface area contributed by atoms with E-state index in [2.05, 4.69) is 10.3 Å². The largest absolute Gasteiger partial charge is 0.313 e. The first kappa shape index (κ1) is 13.0. The molecule has 0 spiro atoms. The number of nitrogens with one attached hydrogen (secondary N) is 1. The molecule has 0 amide bonds. The fraction of sp³-hybridized carbons (Fsp3) is 0.500. The molecule has 1 saturated heterocycles. The van der Waals surface area contributed by atoms with Gasteiger partial charge in [-0.3, -0.25) is 0 Å². The smallest absolute Gasteiger partial charge is 0.198 e. The number of piperidine rings is 1. The van der Waals surface area contributed by atoms with Crippen molar-refractivity contribution in [2.45, 2.75) is 30.3 Å². The molecule has 1 atom stereocenters. The molecule has 1 N–H and O–H groups in total. The van der Waals surface area contributed by atoms with Gasteiger partial charge in [-0.2, -0.15) is 5.26 Å². The summed E-state index contributed by atoms with van der Waals surface area (Å²) in [4.78, 5) is 3.85. The van der Waals surface area contributed by atoms with Crippen LogP contribution in [0.3, 0.4) is 0 Å². The molecule has 0 aliphatic carbocycles. The quantitative estimate of drug-likeness (QED) is 0.876. The van der Waals surface area contributed by atoms with Gasteiger partial charge in [0.15, 0.2) is 14.9 Å². The van der Waals surface area contributed by atoms with Gasteiger partial charge < -0.3 is 5.32 Å². The van der Waals surface area contributed by atoms with Crippen molar-refractivity contribution in [3.63, 3.8) is 0 Å². The number of rotatable bonds is 3. The third-order valence-electron chi connectivity index (χ3n) is 3.02. The maximum Gasteiger partial charge on any atom is 0.198 e. The van der Waals surface area contributed by atoms with Crippen molar-refractivity contribution in [1.82, 2.24) is 10.3 Å². The Morgan fingerprint density at radius 2 is 2.33 bits per heavy atom. The van der Waals surface area contributed by atoms with Gasteiger partial charge in [0.2, 0.25) is 0 Å². The van der Waals surface area contributed by atoms with Gasteiger partial charge in [-0.1, -0.05) is 6.42 Å². The lowest BCUT2D eigenvalue weighted by atomic mass is 10.1. The Hall–Kier alpha value is -1.45. The molecule has 0 unspecified atom stereocenters. The van der Waals surface area contributed by atoms with Crippen molar-refractivity contribution in [2.24, 2.45) is 0 Å². The maximum absolute atomic E-state index is 12.2. The Bertz CT molecular complexity index is 557. The zero-order valence-corrected chi connectivity index (χ0v) is 10.8. The average molecular weight is 265 g/mol. The van der Waals surface area contributed by atoms with Crippen molar-refractivity contribution in [2.75, 3.05) is 12.3 Å². The third-order valence-corrected chi connectivity index (χ3v) is 4.77. The van der Waals surface area contributed by atoms with Crippen LogP contribution in [0.4, 0.5) is 0 Å². The van der Waals surface area contributed by atoms with E-state index in [1.165, 1.54) is 12.3 Å². The predicted octanol–water partition coefficient (Wildman–Crippen LogP) is 0.869. The molecule has 6 heteroatoms. The molecule has 0 aromatic carbocycles. The fourth-order valence-electron chi connectivity index (χ4n) is 2.13. The molecule has 1 aliphatic rings. The number of nitriles is 1. The Balaban J connectivity index is 2.22. The minimum absolute atomic E-state index is 0.0126. The van der Waals surface area contributed by atoms with Crippen molar-refractivity contribution >= 4 is 9.84 Å². The van der Waals surface area contributed by atoms with Crippen LogP contribution in [0.5, 0.6) is 0 Å². The number of pyridine rings is 1. The first-order valence-electron chi connectivity index (χ1n) is 5.95. The molecule has 0 radical (unpaired) electrons. The molecular weight excluding hydrogens is 250 g/mol. The van der Waals surface area contributed by atoms with E-state index < -0.39 is 9.84 Å². The second-order valence-electron chi connectivity index (χ2n) is 4.40. The Kier molecular flexibility index (Phi) is 3.94. The topological polar surface area (TPSA) is 82.8 Å². The Labute approximate surface area is 107 Å². The van der Waals surface area contributed by atoms with Crippen LogP contribution in [0.2, 0.25) is 0 Å². The summed E-state index contributed by atoms with van der Waals surface area (Å²) in [5.41, 5.74) is 0.119. The monoisotopic (exact) mass is 265 g/mol. The van der Waals surface area contributed by atoms with E-state index in [0.717, 1.165) is 25.8 Å². The maximum atomic E-state index is 12.2. The standard InChI is InChI=1S/C12H15N3O2S/c13-8-10-4-3-7-15-12(10)18(16,17)9-11-5-1-2-6-14-11/h3-4,7,11,14H,1-2,5-6,9H2/t11-/m0/s1. The van der Waals surface area contributed by atoms with E-state index in [1.54, 1.807) is 6.07 Å². The van der Waals surface area contributed by atoms with E-state index >= 15 is 0 Å². The van der Waals surface area contributed by atoms with E-state index in [0.29, 0.717) is 0 Å². The lowest BCUT2D eigenvalue weighted by Crippen LogP contribution is -2.39. The summed E-state index contributed by atoms with van der Waals surface area (Å²) in [6.07, 6.45) is 4.39. The Morgan fingerprint density at radius 3 is 3.00 bits per heavy atom. The summed E-state index contributed by atoms with van der Waals surface area (Å²) in [6.45, 7) is 0.855. The summed E-state index contributed by atoms with van der Waals surface area (Å²) in [5.74, 6) is 0.0126. The lowest BCUT2D eigenvalue weighted by molar-refractivity contribution is 0.423. The second-order valence-corrected chi connectivity index (χ2v) is 6.35.